The largest absolute Gasteiger partial charge is 0.384 e. The van der Waals surface area contributed by atoms with Crippen molar-refractivity contribution in [2.45, 2.75) is 6.42 Å². The fraction of sp³-hybridized carbons (Fsp3) is 0.636. The standard InChI is InChI=1S/C11H20N4/c1(3-14-11-2-4-13-10-11)7-15-8-5-12-6-9-15/h2,4,10,12-14H,1,3,5-9H2. The molecular formula is C11H20N4. The van der Waals surface area contributed by atoms with Gasteiger partial charge in [0.1, 0.15) is 0 Å². The van der Waals surface area contributed by atoms with E-state index >= 15 is 0 Å². The molecule has 4 heteroatoms. The Morgan fingerprint density at radius 1 is 1.33 bits per heavy atom. The number of nitrogens with zero attached hydrogens (tertiary/aromatic N) is 1. The number of nitrogens with one attached hydrogen (secondary N) is 3. The number of aromatic amines is 1. The first-order chi connectivity index (χ1) is 7.45. The van der Waals surface area contributed by atoms with E-state index in [9.17, 15) is 0 Å². The van der Waals surface area contributed by atoms with Crippen LogP contribution in [0.15, 0.2) is 18.5 Å². The van der Waals surface area contributed by atoms with Crippen LogP contribution in [0.5, 0.6) is 0 Å². The van der Waals surface area contributed by atoms with Crippen molar-refractivity contribution in [1.82, 2.24) is 15.2 Å². The zero-order valence-corrected chi connectivity index (χ0v) is 9.13. The lowest BCUT2D eigenvalue weighted by Gasteiger charge is -2.27. The van der Waals surface area contributed by atoms with E-state index in [1.165, 1.54) is 31.7 Å². The van der Waals surface area contributed by atoms with Crippen LogP contribution in [0.25, 0.3) is 0 Å². The van der Waals surface area contributed by atoms with E-state index in [0.717, 1.165) is 19.6 Å². The number of rotatable bonds is 5. The van der Waals surface area contributed by atoms with Gasteiger partial charge in [0, 0.05) is 45.1 Å². The lowest BCUT2D eigenvalue weighted by Crippen LogP contribution is -2.44. The summed E-state index contributed by atoms with van der Waals surface area (Å²) in [5, 5.41) is 6.76. The second-order valence-electron chi connectivity index (χ2n) is 3.97. The maximum atomic E-state index is 3.39. The van der Waals surface area contributed by atoms with E-state index < -0.39 is 0 Å². The van der Waals surface area contributed by atoms with Crippen LogP contribution in [0.4, 0.5) is 5.69 Å². The summed E-state index contributed by atoms with van der Waals surface area (Å²) in [6.07, 6.45) is 5.15. The number of anilines is 1. The molecule has 1 aliphatic rings. The van der Waals surface area contributed by atoms with Crippen molar-refractivity contribution in [2.75, 3.05) is 44.6 Å². The van der Waals surface area contributed by atoms with Gasteiger partial charge in [0.15, 0.2) is 0 Å². The van der Waals surface area contributed by atoms with Crippen LogP contribution in [-0.4, -0.2) is 49.2 Å². The predicted molar refractivity (Wildman–Crippen MR) is 63.2 cm³/mol. The highest BCUT2D eigenvalue weighted by atomic mass is 15.2. The molecule has 4 nitrogen and oxygen atoms in total. The third-order valence-electron chi connectivity index (χ3n) is 2.79. The van der Waals surface area contributed by atoms with Gasteiger partial charge in [-0.15, -0.1) is 0 Å². The van der Waals surface area contributed by atoms with Crippen molar-refractivity contribution in [3.63, 3.8) is 0 Å². The molecule has 15 heavy (non-hydrogen) atoms. The Labute approximate surface area is 91.0 Å². The number of hydrogen-bond donors (Lipinski definition) is 3. The minimum atomic E-state index is 1.06. The smallest absolute Gasteiger partial charge is 0.0517 e. The van der Waals surface area contributed by atoms with Gasteiger partial charge in [-0.3, -0.25) is 0 Å². The second-order valence-corrected chi connectivity index (χ2v) is 3.97. The molecular weight excluding hydrogens is 188 g/mol. The van der Waals surface area contributed by atoms with Crippen molar-refractivity contribution < 1.29 is 0 Å². The van der Waals surface area contributed by atoms with Gasteiger partial charge in [-0.1, -0.05) is 0 Å². The summed E-state index contributed by atoms with van der Waals surface area (Å²) in [6, 6.07) is 2.06. The van der Waals surface area contributed by atoms with E-state index in [0.29, 0.717) is 0 Å². The summed E-state index contributed by atoms with van der Waals surface area (Å²) < 4.78 is 0. The average molecular weight is 208 g/mol. The van der Waals surface area contributed by atoms with Gasteiger partial charge in [0.25, 0.3) is 0 Å². The molecule has 0 spiro atoms. The fourth-order valence-electron chi connectivity index (χ4n) is 1.90. The molecule has 1 saturated heterocycles. The third-order valence-corrected chi connectivity index (χ3v) is 2.79. The molecule has 1 aliphatic heterocycles. The van der Waals surface area contributed by atoms with E-state index in [1.807, 2.05) is 12.4 Å². The zero-order valence-electron chi connectivity index (χ0n) is 9.13. The first kappa shape index (κ1) is 10.5. The quantitative estimate of drug-likeness (QED) is 0.625. The summed E-state index contributed by atoms with van der Waals surface area (Å²) in [7, 11) is 0. The first-order valence-corrected chi connectivity index (χ1v) is 5.75. The molecule has 2 heterocycles. The predicted octanol–water partition coefficient (Wildman–Crippen LogP) is 0.722. The average Bonchev–Trinajstić information content (AvgIpc) is 2.79. The molecule has 0 saturated carbocycles. The summed E-state index contributed by atoms with van der Waals surface area (Å²) >= 11 is 0. The number of H-pyrrole nitrogens is 1. The summed E-state index contributed by atoms with van der Waals surface area (Å²) in [5.41, 5.74) is 1.19. The molecule has 84 valence electrons. The Bertz CT molecular complexity index is 252. The van der Waals surface area contributed by atoms with Gasteiger partial charge in [-0.05, 0) is 19.0 Å². The van der Waals surface area contributed by atoms with Gasteiger partial charge in [-0.2, -0.15) is 0 Å². The highest BCUT2D eigenvalue weighted by Gasteiger charge is 2.07. The summed E-state index contributed by atoms with van der Waals surface area (Å²) in [4.78, 5) is 5.56. The molecule has 0 unspecified atom stereocenters. The molecule has 0 atom stereocenters. The van der Waals surface area contributed by atoms with E-state index in [-0.39, 0.29) is 0 Å². The van der Waals surface area contributed by atoms with Crippen LogP contribution in [-0.2, 0) is 0 Å². The van der Waals surface area contributed by atoms with E-state index in [2.05, 4.69) is 26.6 Å². The highest BCUT2D eigenvalue weighted by molar-refractivity contribution is 5.39. The molecule has 0 amide bonds. The fourth-order valence-corrected chi connectivity index (χ4v) is 1.90. The van der Waals surface area contributed by atoms with Crippen LogP contribution >= 0.6 is 0 Å². The van der Waals surface area contributed by atoms with Crippen LogP contribution in [0.1, 0.15) is 6.42 Å². The van der Waals surface area contributed by atoms with Gasteiger partial charge in [0.05, 0.1) is 5.69 Å². The molecule has 0 aliphatic carbocycles. The Morgan fingerprint density at radius 3 is 2.93 bits per heavy atom. The lowest BCUT2D eigenvalue weighted by molar-refractivity contribution is 0.240. The number of aromatic nitrogens is 1. The minimum absolute atomic E-state index is 1.06. The topological polar surface area (TPSA) is 43.1 Å². The minimum Gasteiger partial charge on any atom is -0.384 e. The van der Waals surface area contributed by atoms with E-state index in [1.54, 1.807) is 0 Å². The zero-order chi connectivity index (χ0) is 10.3. The lowest BCUT2D eigenvalue weighted by atomic mass is 10.3. The van der Waals surface area contributed by atoms with Gasteiger partial charge in [-0.25, -0.2) is 0 Å². The Kier molecular flexibility index (Phi) is 4.05. The van der Waals surface area contributed by atoms with Gasteiger partial charge in [0.2, 0.25) is 0 Å². The molecule has 1 aromatic rings. The Balaban J connectivity index is 1.54. The summed E-state index contributed by atoms with van der Waals surface area (Å²) in [6.45, 7) is 6.95. The van der Waals surface area contributed by atoms with Crippen molar-refractivity contribution >= 4 is 5.69 Å². The normalized spacial score (nSPS) is 17.9. The van der Waals surface area contributed by atoms with Crippen LogP contribution < -0.4 is 10.6 Å². The summed E-state index contributed by atoms with van der Waals surface area (Å²) in [5.74, 6) is 0. The van der Waals surface area contributed by atoms with Crippen LogP contribution in [0.3, 0.4) is 0 Å². The molecule has 0 radical (unpaired) electrons. The van der Waals surface area contributed by atoms with E-state index in [4.69, 9.17) is 0 Å². The third kappa shape index (κ3) is 3.57. The van der Waals surface area contributed by atoms with Crippen molar-refractivity contribution in [2.24, 2.45) is 0 Å². The van der Waals surface area contributed by atoms with Crippen molar-refractivity contribution in [1.29, 1.82) is 0 Å². The monoisotopic (exact) mass is 208 g/mol. The Morgan fingerprint density at radius 2 is 2.20 bits per heavy atom. The maximum Gasteiger partial charge on any atom is 0.0517 e. The van der Waals surface area contributed by atoms with Gasteiger partial charge < -0.3 is 20.5 Å². The second kappa shape index (κ2) is 5.78. The molecule has 1 aromatic heterocycles. The highest BCUT2D eigenvalue weighted by Crippen LogP contribution is 2.03. The maximum absolute atomic E-state index is 3.39. The number of hydrogen-bond acceptors (Lipinski definition) is 3. The Hall–Kier alpha value is -1.00. The van der Waals surface area contributed by atoms with Crippen molar-refractivity contribution in [3.05, 3.63) is 18.5 Å². The van der Waals surface area contributed by atoms with Gasteiger partial charge >= 0.3 is 0 Å². The molecule has 1 fully saturated rings. The van der Waals surface area contributed by atoms with Crippen LogP contribution in [0, 0.1) is 0 Å². The number of piperazine rings is 1. The first-order valence-electron chi connectivity index (χ1n) is 5.75. The van der Waals surface area contributed by atoms with Crippen LogP contribution in [0.2, 0.25) is 0 Å². The molecule has 0 bridgehead atoms. The van der Waals surface area contributed by atoms with Crippen molar-refractivity contribution in [3.8, 4) is 0 Å². The molecule has 0 aromatic carbocycles. The SMILES string of the molecule is c1cc(NCCCN2CCNCC2)c[nH]1. The molecule has 2 rings (SSSR count). The molecule has 3 N–H and O–H groups in total.